The molecule has 0 aromatic rings. The number of allylic oxidation sites excluding steroid dienone is 5. The van der Waals surface area contributed by atoms with E-state index in [2.05, 4.69) is 13.8 Å². The normalized spacial score (nSPS) is 20.6. The largest absolute Gasteiger partial charge is 0.398 e. The summed E-state index contributed by atoms with van der Waals surface area (Å²) in [6.07, 6.45) is 4.34. The van der Waals surface area contributed by atoms with E-state index in [1.807, 2.05) is 39.8 Å². The Labute approximate surface area is 198 Å². The predicted molar refractivity (Wildman–Crippen MR) is 131 cm³/mol. The third kappa shape index (κ3) is 8.40. The van der Waals surface area contributed by atoms with Crippen LogP contribution in [0.5, 0.6) is 0 Å². The number of ether oxygens (including phenoxy) is 1. The van der Waals surface area contributed by atoms with Gasteiger partial charge in [-0.15, -0.1) is 0 Å². The fraction of sp³-hybridized carbons (Fsp3) is 0.741. The maximum Gasteiger partial charge on any atom is 0.398 e. The van der Waals surface area contributed by atoms with E-state index in [9.17, 15) is 18.3 Å². The summed E-state index contributed by atoms with van der Waals surface area (Å²) in [7, 11) is 0. The number of hydrogen-bond donors (Lipinski definition) is 1. The molecule has 3 atom stereocenters. The summed E-state index contributed by atoms with van der Waals surface area (Å²) in [4.78, 5) is 4.86. The molecule has 3 unspecified atom stereocenters. The van der Waals surface area contributed by atoms with Gasteiger partial charge in [0.25, 0.3) is 0 Å². The first-order valence-electron chi connectivity index (χ1n) is 12.3. The number of rotatable bonds is 14. The van der Waals surface area contributed by atoms with E-state index in [4.69, 9.17) is 9.73 Å². The Morgan fingerprint density at radius 2 is 1.76 bits per heavy atom. The Kier molecular flexibility index (Phi) is 12.1. The van der Waals surface area contributed by atoms with Crippen molar-refractivity contribution in [1.29, 1.82) is 0 Å². The summed E-state index contributed by atoms with van der Waals surface area (Å²) in [6.45, 7) is 14.8. The molecule has 1 N–H and O–H groups in total. The van der Waals surface area contributed by atoms with Gasteiger partial charge in [0.1, 0.15) is 0 Å². The Balaban J connectivity index is 3.05. The van der Waals surface area contributed by atoms with E-state index in [0.29, 0.717) is 18.8 Å². The van der Waals surface area contributed by atoms with Crippen LogP contribution in [0.1, 0.15) is 80.6 Å². The van der Waals surface area contributed by atoms with Crippen LogP contribution in [0, 0.1) is 23.2 Å². The maximum absolute atomic E-state index is 13.6. The number of halogens is 3. The summed E-state index contributed by atoms with van der Waals surface area (Å²) < 4.78 is 46.7. The lowest BCUT2D eigenvalue weighted by Crippen LogP contribution is -2.25. The van der Waals surface area contributed by atoms with Crippen molar-refractivity contribution in [3.8, 4) is 0 Å². The zero-order chi connectivity index (χ0) is 25.2. The van der Waals surface area contributed by atoms with Crippen molar-refractivity contribution in [2.45, 2.75) is 86.7 Å². The molecule has 1 saturated carbocycles. The highest BCUT2D eigenvalue weighted by atomic mass is 19.4. The first-order valence-corrected chi connectivity index (χ1v) is 12.3. The molecule has 0 aromatic carbocycles. The lowest BCUT2D eigenvalue weighted by molar-refractivity contribution is -0.175. The Hall–Kier alpha value is -1.40. The monoisotopic (exact) mass is 471 g/mol. The van der Waals surface area contributed by atoms with Gasteiger partial charge in [-0.2, -0.15) is 13.2 Å². The molecular weight excluding hydrogens is 427 g/mol. The van der Waals surface area contributed by atoms with Crippen molar-refractivity contribution in [2.75, 3.05) is 19.8 Å². The topological polar surface area (TPSA) is 41.8 Å². The minimum Gasteiger partial charge on any atom is -0.396 e. The number of alkyl halides is 3. The second kappa shape index (κ2) is 13.5. The quantitative estimate of drug-likeness (QED) is 0.209. The molecule has 0 aliphatic heterocycles. The summed E-state index contributed by atoms with van der Waals surface area (Å²) in [5, 5.41) is 9.33. The van der Waals surface area contributed by atoms with E-state index in [1.54, 1.807) is 13.0 Å². The molecule has 1 aliphatic rings. The van der Waals surface area contributed by atoms with Crippen LogP contribution < -0.4 is 0 Å². The van der Waals surface area contributed by atoms with E-state index in [0.717, 1.165) is 36.2 Å². The zero-order valence-corrected chi connectivity index (χ0v) is 21.6. The van der Waals surface area contributed by atoms with Gasteiger partial charge in [-0.1, -0.05) is 57.9 Å². The zero-order valence-electron chi connectivity index (χ0n) is 21.6. The number of aliphatic hydroxyl groups is 1. The van der Waals surface area contributed by atoms with Gasteiger partial charge in [0.15, 0.2) is 0 Å². The SMILES string of the molecule is C\C=C(/N=C(C)/C(=C\CC)/C=C(\C)C1(C(F)(F)F)CC1)C(CCC)COCC(C)C(C)CO. The van der Waals surface area contributed by atoms with E-state index in [1.165, 1.54) is 0 Å². The van der Waals surface area contributed by atoms with Crippen LogP contribution in [0.15, 0.2) is 40.1 Å². The molecule has 1 aliphatic carbocycles. The molecule has 6 heteroatoms. The summed E-state index contributed by atoms with van der Waals surface area (Å²) in [5.41, 5.74) is 1.09. The Morgan fingerprint density at radius 1 is 1.12 bits per heavy atom. The van der Waals surface area contributed by atoms with Crippen LogP contribution in [0.2, 0.25) is 0 Å². The van der Waals surface area contributed by atoms with Crippen LogP contribution in [0.25, 0.3) is 0 Å². The second-order valence-electron chi connectivity index (χ2n) is 9.55. The summed E-state index contributed by atoms with van der Waals surface area (Å²) in [5.74, 6) is 0.552. The van der Waals surface area contributed by atoms with Crippen molar-refractivity contribution >= 4 is 5.71 Å². The molecule has 0 spiro atoms. The molecule has 0 bridgehead atoms. The average Bonchev–Trinajstić information content (AvgIpc) is 3.58. The van der Waals surface area contributed by atoms with Gasteiger partial charge in [-0.3, -0.25) is 4.99 Å². The molecule has 1 rings (SSSR count). The lowest BCUT2D eigenvalue weighted by atomic mass is 9.93. The first-order chi connectivity index (χ1) is 15.5. The van der Waals surface area contributed by atoms with Gasteiger partial charge in [0.2, 0.25) is 0 Å². The molecule has 0 heterocycles. The van der Waals surface area contributed by atoms with Crippen LogP contribution >= 0.6 is 0 Å². The van der Waals surface area contributed by atoms with Crippen molar-refractivity contribution in [2.24, 2.45) is 28.2 Å². The molecular formula is C27H44F3NO2. The Morgan fingerprint density at radius 3 is 2.21 bits per heavy atom. The number of aliphatic hydroxyl groups excluding tert-OH is 1. The maximum atomic E-state index is 13.6. The van der Waals surface area contributed by atoms with Gasteiger partial charge in [-0.25, -0.2) is 0 Å². The first kappa shape index (κ1) is 29.6. The van der Waals surface area contributed by atoms with E-state index >= 15 is 0 Å². The molecule has 1 fully saturated rings. The van der Waals surface area contributed by atoms with Crippen molar-refractivity contribution in [3.63, 3.8) is 0 Å². The van der Waals surface area contributed by atoms with Gasteiger partial charge < -0.3 is 9.84 Å². The molecule has 190 valence electrons. The van der Waals surface area contributed by atoms with Gasteiger partial charge in [-0.05, 0) is 63.9 Å². The van der Waals surface area contributed by atoms with Gasteiger partial charge in [0, 0.05) is 30.5 Å². The molecule has 0 saturated heterocycles. The van der Waals surface area contributed by atoms with Crippen LogP contribution in [0.4, 0.5) is 13.2 Å². The summed E-state index contributed by atoms with van der Waals surface area (Å²) >= 11 is 0. The predicted octanol–water partition coefficient (Wildman–Crippen LogP) is 7.67. The second-order valence-corrected chi connectivity index (χ2v) is 9.55. The smallest absolute Gasteiger partial charge is 0.396 e. The standard InChI is InChI=1S/C27H44F3NO2/c1-8-11-23(15-21(6)26(13-14-26)27(28,29)30)22(7)31-25(10-3)24(12-9-2)18-33-17-20(5)19(4)16-32/h10-11,15,19-20,24,32H,8-9,12-14,16-18H2,1-7H3/b21-15+,23-11-,25-10-,31-22+. The average molecular weight is 472 g/mol. The van der Waals surface area contributed by atoms with E-state index in [-0.39, 0.29) is 37.2 Å². The third-order valence-electron chi connectivity index (χ3n) is 6.87. The third-order valence-corrected chi connectivity index (χ3v) is 6.87. The fourth-order valence-corrected chi connectivity index (χ4v) is 3.98. The molecule has 0 radical (unpaired) electrons. The number of nitrogens with zero attached hydrogens (tertiary/aromatic N) is 1. The van der Waals surface area contributed by atoms with Gasteiger partial charge >= 0.3 is 6.18 Å². The van der Waals surface area contributed by atoms with Crippen LogP contribution in [0.3, 0.4) is 0 Å². The molecule has 0 aromatic heterocycles. The van der Waals surface area contributed by atoms with Gasteiger partial charge in [0.05, 0.1) is 12.0 Å². The minimum atomic E-state index is -4.21. The Bertz CT molecular complexity index is 730. The van der Waals surface area contributed by atoms with Crippen molar-refractivity contribution in [1.82, 2.24) is 0 Å². The summed E-state index contributed by atoms with van der Waals surface area (Å²) in [6, 6.07) is 0. The van der Waals surface area contributed by atoms with E-state index < -0.39 is 11.6 Å². The number of aliphatic imine (C=N–C) groups is 1. The molecule has 3 nitrogen and oxygen atoms in total. The highest BCUT2D eigenvalue weighted by molar-refractivity contribution is 6.01. The number of hydrogen-bond acceptors (Lipinski definition) is 3. The lowest BCUT2D eigenvalue weighted by Gasteiger charge is -2.22. The van der Waals surface area contributed by atoms with Crippen LogP contribution in [-0.4, -0.2) is 36.8 Å². The van der Waals surface area contributed by atoms with Crippen molar-refractivity contribution < 1.29 is 23.0 Å². The molecule has 33 heavy (non-hydrogen) atoms. The highest BCUT2D eigenvalue weighted by Gasteiger charge is 2.64. The highest BCUT2D eigenvalue weighted by Crippen LogP contribution is 2.62. The van der Waals surface area contributed by atoms with Crippen molar-refractivity contribution in [3.05, 3.63) is 35.1 Å². The molecule has 0 amide bonds. The fourth-order valence-electron chi connectivity index (χ4n) is 3.98. The minimum absolute atomic E-state index is 0.115. The van der Waals surface area contributed by atoms with Crippen LogP contribution in [-0.2, 0) is 4.74 Å².